The van der Waals surface area contributed by atoms with Crippen LogP contribution in [0.1, 0.15) is 30.6 Å². The van der Waals surface area contributed by atoms with Crippen molar-refractivity contribution >= 4 is 0 Å². The fourth-order valence-corrected chi connectivity index (χ4v) is 2.83. The number of aryl methyl sites for hydroxylation is 2. The number of nitrogens with two attached hydrogens (primary N) is 1. The molecule has 0 radical (unpaired) electrons. The van der Waals surface area contributed by atoms with Crippen LogP contribution < -0.4 is 5.73 Å². The lowest BCUT2D eigenvalue weighted by Gasteiger charge is -2.40. The molecule has 0 aliphatic carbocycles. The van der Waals surface area contributed by atoms with Crippen LogP contribution in [0.25, 0.3) is 0 Å². The van der Waals surface area contributed by atoms with Crippen LogP contribution in [-0.2, 0) is 11.8 Å². The van der Waals surface area contributed by atoms with E-state index in [1.165, 1.54) is 5.56 Å². The molecule has 0 amide bonds. The fraction of sp³-hybridized carbons (Fsp3) is 0.769. The smallest absolute Gasteiger partial charge is 0.0895 e. The van der Waals surface area contributed by atoms with Gasteiger partial charge < -0.3 is 10.5 Å². The van der Waals surface area contributed by atoms with Crippen molar-refractivity contribution in [2.24, 2.45) is 12.8 Å². The van der Waals surface area contributed by atoms with E-state index in [4.69, 9.17) is 10.5 Å². The minimum absolute atomic E-state index is 0.0770. The molecule has 18 heavy (non-hydrogen) atoms. The van der Waals surface area contributed by atoms with Gasteiger partial charge in [-0.25, -0.2) is 0 Å². The molecule has 2 N–H and O–H groups in total. The van der Waals surface area contributed by atoms with Gasteiger partial charge in [0.15, 0.2) is 0 Å². The first kappa shape index (κ1) is 13.5. The Morgan fingerprint density at radius 1 is 1.56 bits per heavy atom. The number of ether oxygens (including phenoxy) is 1. The molecule has 5 nitrogen and oxygen atoms in total. The Morgan fingerprint density at radius 2 is 2.33 bits per heavy atom. The molecular formula is C13H24N4O. The third-order valence-electron chi connectivity index (χ3n) is 3.57. The van der Waals surface area contributed by atoms with Gasteiger partial charge in [-0.05, 0) is 19.9 Å². The number of hydrogen-bond acceptors (Lipinski definition) is 4. The summed E-state index contributed by atoms with van der Waals surface area (Å²) in [5.41, 5.74) is 8.19. The van der Waals surface area contributed by atoms with Gasteiger partial charge in [0.2, 0.25) is 0 Å². The lowest BCUT2D eigenvalue weighted by Crippen LogP contribution is -2.48. The first-order valence-electron chi connectivity index (χ1n) is 6.73. The highest BCUT2D eigenvalue weighted by molar-refractivity contribution is 5.22. The highest BCUT2D eigenvalue weighted by Gasteiger charge is 2.34. The first-order chi connectivity index (χ1) is 8.67. The zero-order valence-corrected chi connectivity index (χ0v) is 11.6. The van der Waals surface area contributed by atoms with E-state index in [2.05, 4.69) is 30.0 Å². The maximum atomic E-state index is 5.87. The van der Waals surface area contributed by atoms with Gasteiger partial charge >= 0.3 is 0 Å². The summed E-state index contributed by atoms with van der Waals surface area (Å²) < 4.78 is 7.70. The van der Waals surface area contributed by atoms with Gasteiger partial charge in [-0.1, -0.05) is 6.92 Å². The van der Waals surface area contributed by atoms with E-state index in [0.29, 0.717) is 6.54 Å². The van der Waals surface area contributed by atoms with Gasteiger partial charge in [0, 0.05) is 31.9 Å². The van der Waals surface area contributed by atoms with Crippen molar-refractivity contribution in [1.82, 2.24) is 14.7 Å². The maximum absolute atomic E-state index is 5.87. The molecule has 2 unspecified atom stereocenters. The molecule has 0 saturated carbocycles. The van der Waals surface area contributed by atoms with Crippen LogP contribution in [0.3, 0.4) is 0 Å². The normalized spacial score (nSPS) is 25.6. The van der Waals surface area contributed by atoms with Gasteiger partial charge in [0.25, 0.3) is 0 Å². The van der Waals surface area contributed by atoms with Gasteiger partial charge in [0.1, 0.15) is 0 Å². The zero-order valence-electron chi connectivity index (χ0n) is 11.6. The molecule has 1 aliphatic heterocycles. The van der Waals surface area contributed by atoms with E-state index in [0.717, 1.165) is 31.8 Å². The topological polar surface area (TPSA) is 56.3 Å². The van der Waals surface area contributed by atoms with Crippen LogP contribution in [0.4, 0.5) is 0 Å². The van der Waals surface area contributed by atoms with E-state index in [-0.39, 0.29) is 12.1 Å². The lowest BCUT2D eigenvalue weighted by molar-refractivity contribution is -0.0678. The monoisotopic (exact) mass is 252 g/mol. The van der Waals surface area contributed by atoms with Crippen LogP contribution in [-0.4, -0.2) is 47.0 Å². The Bertz CT molecular complexity index is 388. The Labute approximate surface area is 109 Å². The molecule has 0 spiro atoms. The Balaban J connectivity index is 2.30. The third kappa shape index (κ3) is 2.58. The Hall–Kier alpha value is -0.910. The minimum atomic E-state index is 0.0770. The second kappa shape index (κ2) is 5.82. The van der Waals surface area contributed by atoms with Gasteiger partial charge in [0.05, 0.1) is 24.4 Å². The summed E-state index contributed by atoms with van der Waals surface area (Å²) >= 11 is 0. The van der Waals surface area contributed by atoms with E-state index < -0.39 is 0 Å². The predicted molar refractivity (Wildman–Crippen MR) is 71.3 cm³/mol. The minimum Gasteiger partial charge on any atom is -0.374 e. The van der Waals surface area contributed by atoms with Crippen molar-refractivity contribution in [3.8, 4) is 0 Å². The third-order valence-corrected chi connectivity index (χ3v) is 3.57. The zero-order chi connectivity index (χ0) is 13.1. The molecule has 1 aliphatic rings. The van der Waals surface area contributed by atoms with Crippen molar-refractivity contribution in [2.45, 2.75) is 32.4 Å². The number of morpholine rings is 1. The average molecular weight is 252 g/mol. The molecule has 1 saturated heterocycles. The molecular weight excluding hydrogens is 228 g/mol. The Kier molecular flexibility index (Phi) is 4.37. The SMILES string of the molecule is CCCN1CCOC(CN)C1c1cn(C)nc1C. The van der Waals surface area contributed by atoms with Gasteiger partial charge in [-0.3, -0.25) is 9.58 Å². The molecule has 2 rings (SSSR count). The molecule has 5 heteroatoms. The predicted octanol–water partition coefficient (Wildman–Crippen LogP) is 0.839. The molecule has 102 valence electrons. The average Bonchev–Trinajstić information content (AvgIpc) is 2.68. The second-order valence-electron chi connectivity index (χ2n) is 4.97. The molecule has 2 heterocycles. The maximum Gasteiger partial charge on any atom is 0.0895 e. The van der Waals surface area contributed by atoms with Gasteiger partial charge in [-0.2, -0.15) is 5.10 Å². The number of aromatic nitrogens is 2. The van der Waals surface area contributed by atoms with Crippen LogP contribution in [0.15, 0.2) is 6.20 Å². The molecule has 0 aromatic carbocycles. The van der Waals surface area contributed by atoms with Crippen molar-refractivity contribution in [3.63, 3.8) is 0 Å². The first-order valence-corrected chi connectivity index (χ1v) is 6.73. The molecule has 0 bridgehead atoms. The summed E-state index contributed by atoms with van der Waals surface area (Å²) in [6.07, 6.45) is 3.32. The van der Waals surface area contributed by atoms with E-state index in [9.17, 15) is 0 Å². The molecule has 1 aromatic rings. The summed E-state index contributed by atoms with van der Waals surface area (Å²) in [6, 6.07) is 0.248. The van der Waals surface area contributed by atoms with Crippen molar-refractivity contribution in [1.29, 1.82) is 0 Å². The molecule has 2 atom stereocenters. The largest absolute Gasteiger partial charge is 0.374 e. The lowest BCUT2D eigenvalue weighted by atomic mass is 9.98. The van der Waals surface area contributed by atoms with E-state index >= 15 is 0 Å². The standard InChI is InChI=1S/C13H24N4O/c1-4-5-17-6-7-18-12(8-14)13(17)11-9-16(3)15-10(11)2/h9,12-13H,4-8,14H2,1-3H3. The fourth-order valence-electron chi connectivity index (χ4n) is 2.83. The number of nitrogens with zero attached hydrogens (tertiary/aromatic N) is 3. The van der Waals surface area contributed by atoms with Crippen LogP contribution in [0.5, 0.6) is 0 Å². The van der Waals surface area contributed by atoms with Gasteiger partial charge in [-0.15, -0.1) is 0 Å². The summed E-state index contributed by atoms with van der Waals surface area (Å²) in [7, 11) is 1.96. The quantitative estimate of drug-likeness (QED) is 0.862. The highest BCUT2D eigenvalue weighted by Crippen LogP contribution is 2.30. The number of hydrogen-bond donors (Lipinski definition) is 1. The Morgan fingerprint density at radius 3 is 2.89 bits per heavy atom. The molecule has 1 aromatic heterocycles. The van der Waals surface area contributed by atoms with Crippen molar-refractivity contribution < 1.29 is 4.74 Å². The van der Waals surface area contributed by atoms with Crippen LogP contribution in [0, 0.1) is 6.92 Å². The van der Waals surface area contributed by atoms with E-state index in [1.54, 1.807) is 0 Å². The summed E-state index contributed by atoms with van der Waals surface area (Å²) in [5, 5.41) is 4.44. The van der Waals surface area contributed by atoms with Crippen LogP contribution >= 0.6 is 0 Å². The molecule has 1 fully saturated rings. The summed E-state index contributed by atoms with van der Waals surface area (Å²) in [4.78, 5) is 2.48. The van der Waals surface area contributed by atoms with E-state index in [1.807, 2.05) is 11.7 Å². The van der Waals surface area contributed by atoms with Crippen molar-refractivity contribution in [3.05, 3.63) is 17.5 Å². The summed E-state index contributed by atoms with van der Waals surface area (Å²) in [5.74, 6) is 0. The van der Waals surface area contributed by atoms with Crippen molar-refractivity contribution in [2.75, 3.05) is 26.2 Å². The number of rotatable bonds is 4. The second-order valence-corrected chi connectivity index (χ2v) is 4.97. The van der Waals surface area contributed by atoms with Crippen LogP contribution in [0.2, 0.25) is 0 Å². The highest BCUT2D eigenvalue weighted by atomic mass is 16.5. The summed E-state index contributed by atoms with van der Waals surface area (Å²) in [6.45, 7) is 7.65.